The molecule has 2 N–H and O–H groups in total. The number of carbonyl (C=O) groups is 1. The Morgan fingerprint density at radius 1 is 1.32 bits per heavy atom. The number of carbonyl (C=O) groups excluding carboxylic acids is 1. The van der Waals surface area contributed by atoms with Gasteiger partial charge in [-0.1, -0.05) is 35.9 Å². The lowest BCUT2D eigenvalue weighted by Gasteiger charge is -2.27. The van der Waals surface area contributed by atoms with Crippen LogP contribution < -0.4 is 15.4 Å². The van der Waals surface area contributed by atoms with Crippen LogP contribution in [0.1, 0.15) is 13.8 Å². The van der Waals surface area contributed by atoms with Crippen LogP contribution in [0.5, 0.6) is 5.75 Å². The van der Waals surface area contributed by atoms with Gasteiger partial charge in [0.05, 0.1) is 11.7 Å². The molecule has 6 heteroatoms. The Balaban J connectivity index is 1.42. The average molecular weight is 360 g/mol. The monoisotopic (exact) mass is 359 g/mol. The summed E-state index contributed by atoms with van der Waals surface area (Å²) in [5.41, 5.74) is -0.456. The van der Waals surface area contributed by atoms with Crippen molar-refractivity contribution >= 4 is 28.3 Å². The van der Waals surface area contributed by atoms with E-state index in [9.17, 15) is 4.79 Å². The summed E-state index contributed by atoms with van der Waals surface area (Å²) in [7, 11) is 0. The Kier molecular flexibility index (Phi) is 4.08. The molecule has 25 heavy (non-hydrogen) atoms. The molecule has 2 aliphatic rings. The molecule has 5 nitrogen and oxygen atoms in total. The number of halogens is 1. The third-order valence-electron chi connectivity index (χ3n) is 5.15. The number of nitrogens with zero attached hydrogens (tertiary/aromatic N) is 1. The van der Waals surface area contributed by atoms with Crippen molar-refractivity contribution in [3.8, 4) is 5.75 Å². The molecule has 0 spiro atoms. The molecular formula is C19H22ClN3O2. The zero-order chi connectivity index (χ0) is 17.6. The van der Waals surface area contributed by atoms with E-state index in [1.54, 1.807) is 6.20 Å². The minimum atomic E-state index is -0.456. The highest BCUT2D eigenvalue weighted by molar-refractivity contribution is 6.34. The van der Waals surface area contributed by atoms with Crippen LogP contribution >= 0.6 is 11.6 Å². The Bertz CT molecular complexity index is 813. The molecule has 3 atom stereocenters. The van der Waals surface area contributed by atoms with Crippen LogP contribution in [0.15, 0.2) is 30.5 Å². The number of rotatable bonds is 5. The summed E-state index contributed by atoms with van der Waals surface area (Å²) in [6.45, 7) is 6.25. The standard InChI is InChI=1S/C19H22ClN3O2/c1-19(2,23-18(24)16-13-7-21-8-14(13)16)10-25-15-9-22-17(20)12-6-4-3-5-11(12)15/h3-6,9,13-14,16,21H,7-8,10H2,1-2H3,(H,23,24)/t13-,14+,16+. The first-order valence-corrected chi connectivity index (χ1v) is 9.03. The summed E-state index contributed by atoms with van der Waals surface area (Å²) in [5.74, 6) is 2.01. The van der Waals surface area contributed by atoms with Gasteiger partial charge in [-0.05, 0) is 38.8 Å². The van der Waals surface area contributed by atoms with Crippen LogP contribution in [-0.2, 0) is 4.79 Å². The van der Waals surface area contributed by atoms with Crippen LogP contribution in [0, 0.1) is 17.8 Å². The van der Waals surface area contributed by atoms with E-state index >= 15 is 0 Å². The van der Waals surface area contributed by atoms with Gasteiger partial charge in [-0.2, -0.15) is 0 Å². The molecule has 2 fully saturated rings. The van der Waals surface area contributed by atoms with Crippen LogP contribution in [0.2, 0.25) is 5.15 Å². The Labute approximate surface area is 152 Å². The maximum Gasteiger partial charge on any atom is 0.224 e. The third-order valence-corrected chi connectivity index (χ3v) is 5.46. The van der Waals surface area contributed by atoms with E-state index in [0.717, 1.165) is 23.9 Å². The number of aromatic nitrogens is 1. The minimum Gasteiger partial charge on any atom is -0.489 e. The van der Waals surface area contributed by atoms with E-state index in [1.165, 1.54) is 0 Å². The first kappa shape index (κ1) is 16.6. The maximum absolute atomic E-state index is 12.5. The molecule has 0 unspecified atom stereocenters. The number of fused-ring (bicyclic) bond motifs is 2. The highest BCUT2D eigenvalue weighted by Gasteiger charge is 2.57. The van der Waals surface area contributed by atoms with Crippen molar-refractivity contribution in [1.29, 1.82) is 0 Å². The summed E-state index contributed by atoms with van der Waals surface area (Å²) in [5, 5.41) is 8.70. The fraction of sp³-hybridized carbons (Fsp3) is 0.474. The molecule has 1 saturated carbocycles. The Morgan fingerprint density at radius 2 is 2.00 bits per heavy atom. The van der Waals surface area contributed by atoms with Gasteiger partial charge in [-0.25, -0.2) is 4.98 Å². The van der Waals surface area contributed by atoms with Crippen molar-refractivity contribution in [2.24, 2.45) is 17.8 Å². The number of pyridine rings is 1. The number of hydrogen-bond donors (Lipinski definition) is 2. The molecule has 1 aliphatic heterocycles. The highest BCUT2D eigenvalue weighted by Crippen LogP contribution is 2.48. The van der Waals surface area contributed by atoms with Gasteiger partial charge in [0.25, 0.3) is 0 Å². The molecule has 1 aliphatic carbocycles. The summed E-state index contributed by atoms with van der Waals surface area (Å²) in [6.07, 6.45) is 1.64. The number of nitrogens with one attached hydrogen (secondary N) is 2. The van der Waals surface area contributed by atoms with Crippen LogP contribution in [-0.4, -0.2) is 36.1 Å². The fourth-order valence-corrected chi connectivity index (χ4v) is 3.98. The molecule has 1 aromatic carbocycles. The second-order valence-electron chi connectivity index (χ2n) is 7.63. The van der Waals surface area contributed by atoms with Crippen LogP contribution in [0.3, 0.4) is 0 Å². The summed E-state index contributed by atoms with van der Waals surface area (Å²) < 4.78 is 5.99. The van der Waals surface area contributed by atoms with Crippen molar-refractivity contribution in [2.45, 2.75) is 19.4 Å². The second kappa shape index (κ2) is 6.15. The van der Waals surface area contributed by atoms with E-state index in [2.05, 4.69) is 15.6 Å². The lowest BCUT2D eigenvalue weighted by atomic mass is 10.1. The number of piperidine rings is 1. The first-order chi connectivity index (χ1) is 12.0. The van der Waals surface area contributed by atoms with E-state index < -0.39 is 5.54 Å². The number of amides is 1. The molecular weight excluding hydrogens is 338 g/mol. The van der Waals surface area contributed by atoms with Crippen molar-refractivity contribution in [2.75, 3.05) is 19.7 Å². The molecule has 0 radical (unpaired) electrons. The van der Waals surface area contributed by atoms with Gasteiger partial charge in [-0.3, -0.25) is 4.79 Å². The van der Waals surface area contributed by atoms with E-state index in [1.807, 2.05) is 38.1 Å². The summed E-state index contributed by atoms with van der Waals surface area (Å²) >= 11 is 6.15. The van der Waals surface area contributed by atoms with Gasteiger partial charge >= 0.3 is 0 Å². The van der Waals surface area contributed by atoms with Gasteiger partial charge < -0.3 is 15.4 Å². The van der Waals surface area contributed by atoms with E-state index in [0.29, 0.717) is 29.3 Å². The van der Waals surface area contributed by atoms with Gasteiger partial charge in [0.15, 0.2) is 0 Å². The smallest absolute Gasteiger partial charge is 0.224 e. The predicted octanol–water partition coefficient (Wildman–Crippen LogP) is 2.63. The van der Waals surface area contributed by atoms with Gasteiger partial charge in [-0.15, -0.1) is 0 Å². The molecule has 2 heterocycles. The van der Waals surface area contributed by atoms with Crippen molar-refractivity contribution < 1.29 is 9.53 Å². The maximum atomic E-state index is 12.5. The van der Waals surface area contributed by atoms with E-state index in [4.69, 9.17) is 16.3 Å². The lowest BCUT2D eigenvalue weighted by Crippen LogP contribution is -2.49. The van der Waals surface area contributed by atoms with Gasteiger partial charge in [0.2, 0.25) is 5.91 Å². The fourth-order valence-electron chi connectivity index (χ4n) is 3.77. The molecule has 1 saturated heterocycles. The molecule has 1 amide bonds. The topological polar surface area (TPSA) is 63.2 Å². The zero-order valence-electron chi connectivity index (χ0n) is 14.4. The van der Waals surface area contributed by atoms with Crippen molar-refractivity contribution in [3.05, 3.63) is 35.6 Å². The average Bonchev–Trinajstić information content (AvgIpc) is 3.08. The zero-order valence-corrected chi connectivity index (χ0v) is 15.1. The minimum absolute atomic E-state index is 0.143. The number of ether oxygens (including phenoxy) is 1. The molecule has 1 aromatic heterocycles. The number of benzene rings is 1. The molecule has 0 bridgehead atoms. The Morgan fingerprint density at radius 3 is 2.72 bits per heavy atom. The van der Waals surface area contributed by atoms with E-state index in [-0.39, 0.29) is 11.8 Å². The molecule has 4 rings (SSSR count). The van der Waals surface area contributed by atoms with Crippen LogP contribution in [0.25, 0.3) is 10.8 Å². The van der Waals surface area contributed by atoms with Crippen molar-refractivity contribution in [1.82, 2.24) is 15.6 Å². The predicted molar refractivity (Wildman–Crippen MR) is 97.8 cm³/mol. The number of hydrogen-bond acceptors (Lipinski definition) is 4. The van der Waals surface area contributed by atoms with Crippen molar-refractivity contribution in [3.63, 3.8) is 0 Å². The second-order valence-corrected chi connectivity index (χ2v) is 7.99. The summed E-state index contributed by atoms with van der Waals surface area (Å²) in [6, 6.07) is 7.75. The SMILES string of the molecule is CC(C)(COc1cnc(Cl)c2ccccc12)NC(=O)[C@H]1[C@@H]2CNC[C@@H]21. The molecule has 132 valence electrons. The quantitative estimate of drug-likeness (QED) is 0.805. The highest BCUT2D eigenvalue weighted by atomic mass is 35.5. The Hall–Kier alpha value is -1.85. The normalized spacial score (nSPS) is 24.8. The third kappa shape index (κ3) is 3.18. The summed E-state index contributed by atoms with van der Waals surface area (Å²) in [4.78, 5) is 16.7. The van der Waals surface area contributed by atoms with Gasteiger partial charge in [0, 0.05) is 16.7 Å². The van der Waals surface area contributed by atoms with Crippen LogP contribution in [0.4, 0.5) is 0 Å². The van der Waals surface area contributed by atoms with Gasteiger partial charge in [0.1, 0.15) is 17.5 Å². The molecule has 2 aromatic rings. The lowest BCUT2D eigenvalue weighted by molar-refractivity contribution is -0.125. The largest absolute Gasteiger partial charge is 0.489 e. The first-order valence-electron chi connectivity index (χ1n) is 8.65.